The Morgan fingerprint density at radius 3 is 2.50 bits per heavy atom. The van der Waals surface area contributed by atoms with E-state index in [1.807, 2.05) is 37.3 Å². The largest absolute Gasteiger partial charge is 0.343 e. The van der Waals surface area contributed by atoms with E-state index in [9.17, 15) is 9.59 Å². The molecule has 2 rings (SSSR count). The van der Waals surface area contributed by atoms with Crippen LogP contribution in [0.15, 0.2) is 54.6 Å². The molecule has 4 nitrogen and oxygen atoms in total. The first-order valence-electron chi connectivity index (χ1n) is 8.23. The molecule has 136 valence electrons. The zero-order valence-electron chi connectivity index (χ0n) is 14.4. The van der Waals surface area contributed by atoms with Gasteiger partial charge in [0.2, 0.25) is 11.8 Å². The lowest BCUT2D eigenvalue weighted by Crippen LogP contribution is -2.39. The number of hydrogen-bond donors (Lipinski definition) is 1. The molecule has 6 heteroatoms. The van der Waals surface area contributed by atoms with Gasteiger partial charge in [-0.2, -0.15) is 0 Å². The fourth-order valence-electron chi connectivity index (χ4n) is 2.33. The summed E-state index contributed by atoms with van der Waals surface area (Å²) < 4.78 is 0. The molecule has 0 fully saturated rings. The molecule has 0 spiro atoms. The first kappa shape index (κ1) is 20.0. The van der Waals surface area contributed by atoms with Crippen LogP contribution in [-0.4, -0.2) is 29.8 Å². The average molecular weight is 391 g/mol. The van der Waals surface area contributed by atoms with Crippen molar-refractivity contribution in [3.63, 3.8) is 0 Å². The molecule has 1 N–H and O–H groups in total. The summed E-state index contributed by atoms with van der Waals surface area (Å²) in [6, 6.07) is 14.9. The van der Waals surface area contributed by atoms with Crippen LogP contribution in [0.5, 0.6) is 0 Å². The van der Waals surface area contributed by atoms with Gasteiger partial charge in [0, 0.05) is 19.2 Å². The van der Waals surface area contributed by atoms with Crippen molar-refractivity contribution in [2.75, 3.05) is 13.1 Å². The Morgan fingerprint density at radius 1 is 1.08 bits per heavy atom. The van der Waals surface area contributed by atoms with Gasteiger partial charge >= 0.3 is 0 Å². The van der Waals surface area contributed by atoms with Crippen LogP contribution in [0.3, 0.4) is 0 Å². The number of benzene rings is 2. The van der Waals surface area contributed by atoms with E-state index in [1.165, 1.54) is 6.08 Å². The van der Waals surface area contributed by atoms with Crippen LogP contribution in [0, 0.1) is 0 Å². The zero-order valence-corrected chi connectivity index (χ0v) is 15.9. The van der Waals surface area contributed by atoms with Crippen LogP contribution in [-0.2, 0) is 16.1 Å². The zero-order chi connectivity index (χ0) is 18.9. The fraction of sp³-hybridized carbons (Fsp3) is 0.200. The van der Waals surface area contributed by atoms with Gasteiger partial charge in [-0.1, -0.05) is 65.7 Å². The molecule has 0 aliphatic rings. The Hall–Kier alpha value is -2.30. The van der Waals surface area contributed by atoms with E-state index in [1.54, 1.807) is 29.2 Å². The molecule has 0 heterocycles. The van der Waals surface area contributed by atoms with Gasteiger partial charge in [0.1, 0.15) is 0 Å². The van der Waals surface area contributed by atoms with Gasteiger partial charge in [-0.3, -0.25) is 9.59 Å². The highest BCUT2D eigenvalue weighted by Crippen LogP contribution is 2.26. The monoisotopic (exact) mass is 390 g/mol. The summed E-state index contributed by atoms with van der Waals surface area (Å²) in [5.74, 6) is -0.510. The van der Waals surface area contributed by atoms with Gasteiger partial charge in [-0.15, -0.1) is 0 Å². The SMILES string of the molecule is CCN(Cc1ccccc1)C(=O)CNC(=O)/C=C/c1cccc(Cl)c1Cl. The van der Waals surface area contributed by atoms with Gasteiger partial charge in [0.25, 0.3) is 0 Å². The Kier molecular flexibility index (Phi) is 7.70. The van der Waals surface area contributed by atoms with Crippen LogP contribution in [0.2, 0.25) is 10.0 Å². The maximum Gasteiger partial charge on any atom is 0.244 e. The lowest BCUT2D eigenvalue weighted by molar-refractivity contribution is -0.132. The first-order chi connectivity index (χ1) is 12.5. The Labute approximate surface area is 163 Å². The topological polar surface area (TPSA) is 49.4 Å². The van der Waals surface area contributed by atoms with E-state index >= 15 is 0 Å². The van der Waals surface area contributed by atoms with Crippen molar-refractivity contribution in [1.29, 1.82) is 0 Å². The van der Waals surface area contributed by atoms with Crippen LogP contribution in [0.1, 0.15) is 18.1 Å². The van der Waals surface area contributed by atoms with Crippen LogP contribution < -0.4 is 5.32 Å². The smallest absolute Gasteiger partial charge is 0.244 e. The highest BCUT2D eigenvalue weighted by molar-refractivity contribution is 6.42. The summed E-state index contributed by atoms with van der Waals surface area (Å²) in [5.41, 5.74) is 1.68. The maximum atomic E-state index is 12.3. The van der Waals surface area contributed by atoms with E-state index in [4.69, 9.17) is 23.2 Å². The maximum absolute atomic E-state index is 12.3. The molecule has 2 aromatic rings. The second-order valence-corrected chi connectivity index (χ2v) is 6.37. The van der Waals surface area contributed by atoms with Gasteiger partial charge in [0.15, 0.2) is 0 Å². The highest BCUT2D eigenvalue weighted by Gasteiger charge is 2.12. The predicted octanol–water partition coefficient (Wildman–Crippen LogP) is 4.17. The molecule has 0 radical (unpaired) electrons. The number of halogens is 2. The summed E-state index contributed by atoms with van der Waals surface area (Å²) in [6.45, 7) is 2.92. The van der Waals surface area contributed by atoms with Crippen LogP contribution in [0.25, 0.3) is 6.08 Å². The molecule has 2 amide bonds. The Morgan fingerprint density at radius 2 is 1.81 bits per heavy atom. The van der Waals surface area contributed by atoms with Crippen LogP contribution >= 0.6 is 23.2 Å². The van der Waals surface area contributed by atoms with E-state index in [2.05, 4.69) is 5.32 Å². The molecule has 2 aromatic carbocycles. The van der Waals surface area contributed by atoms with Crippen molar-refractivity contribution in [3.05, 3.63) is 75.8 Å². The van der Waals surface area contributed by atoms with E-state index < -0.39 is 0 Å². The third kappa shape index (κ3) is 5.90. The highest BCUT2D eigenvalue weighted by atomic mass is 35.5. The predicted molar refractivity (Wildman–Crippen MR) is 106 cm³/mol. The number of likely N-dealkylation sites (N-methyl/N-ethyl adjacent to an activating group) is 1. The molecule has 0 saturated carbocycles. The van der Waals surface area contributed by atoms with Crippen molar-refractivity contribution < 1.29 is 9.59 Å². The number of carbonyl (C=O) groups is 2. The number of nitrogens with zero attached hydrogens (tertiary/aromatic N) is 1. The molecule has 0 saturated heterocycles. The summed E-state index contributed by atoms with van der Waals surface area (Å²) in [6.07, 6.45) is 2.90. The summed E-state index contributed by atoms with van der Waals surface area (Å²) in [4.78, 5) is 25.9. The normalized spacial score (nSPS) is 10.7. The minimum absolute atomic E-state index is 0.0624. The standard InChI is InChI=1S/C20H20Cl2N2O2/c1-2-24(14-15-7-4-3-5-8-15)19(26)13-23-18(25)12-11-16-9-6-10-17(21)20(16)22/h3-12H,2,13-14H2,1H3,(H,23,25)/b12-11+. The number of amides is 2. The minimum Gasteiger partial charge on any atom is -0.343 e. The molecule has 0 aliphatic heterocycles. The van der Waals surface area contributed by atoms with E-state index in [-0.39, 0.29) is 18.4 Å². The second-order valence-electron chi connectivity index (χ2n) is 5.59. The van der Waals surface area contributed by atoms with E-state index in [0.717, 1.165) is 5.56 Å². The molecular weight excluding hydrogens is 371 g/mol. The number of nitrogens with one attached hydrogen (secondary N) is 1. The van der Waals surface area contributed by atoms with Crippen molar-refractivity contribution in [1.82, 2.24) is 10.2 Å². The fourth-order valence-corrected chi connectivity index (χ4v) is 2.70. The molecule has 0 unspecified atom stereocenters. The van der Waals surface area contributed by atoms with Crippen molar-refractivity contribution in [2.45, 2.75) is 13.5 Å². The minimum atomic E-state index is -0.370. The van der Waals surface area contributed by atoms with Crippen molar-refractivity contribution in [2.24, 2.45) is 0 Å². The van der Waals surface area contributed by atoms with Crippen molar-refractivity contribution in [3.8, 4) is 0 Å². The molecule has 26 heavy (non-hydrogen) atoms. The number of rotatable bonds is 7. The summed E-state index contributed by atoms with van der Waals surface area (Å²) >= 11 is 12.0. The van der Waals surface area contributed by atoms with Gasteiger partial charge < -0.3 is 10.2 Å². The second kappa shape index (κ2) is 10.00. The van der Waals surface area contributed by atoms with Gasteiger partial charge in [-0.05, 0) is 30.2 Å². The number of carbonyl (C=O) groups excluding carboxylic acids is 2. The van der Waals surface area contributed by atoms with Gasteiger partial charge in [-0.25, -0.2) is 0 Å². The molecule has 0 atom stereocenters. The molecule has 0 aliphatic carbocycles. The molecule has 0 bridgehead atoms. The lowest BCUT2D eigenvalue weighted by Gasteiger charge is -2.21. The van der Waals surface area contributed by atoms with Gasteiger partial charge in [0.05, 0.1) is 16.6 Å². The lowest BCUT2D eigenvalue weighted by atomic mass is 10.2. The Balaban J connectivity index is 1.88. The average Bonchev–Trinajstić information content (AvgIpc) is 2.66. The first-order valence-corrected chi connectivity index (χ1v) is 8.98. The van der Waals surface area contributed by atoms with E-state index in [0.29, 0.717) is 28.7 Å². The number of hydrogen-bond acceptors (Lipinski definition) is 2. The Bertz CT molecular complexity index is 792. The summed E-state index contributed by atoms with van der Waals surface area (Å²) in [7, 11) is 0. The summed E-state index contributed by atoms with van der Waals surface area (Å²) in [5, 5.41) is 3.40. The molecular formula is C20H20Cl2N2O2. The molecule has 0 aromatic heterocycles. The third-order valence-corrected chi connectivity index (χ3v) is 4.59. The van der Waals surface area contributed by atoms with Crippen LogP contribution in [0.4, 0.5) is 0 Å². The van der Waals surface area contributed by atoms with Crippen molar-refractivity contribution >= 4 is 41.1 Å². The quantitative estimate of drug-likeness (QED) is 0.721. The third-order valence-electron chi connectivity index (χ3n) is 3.76.